The topological polar surface area (TPSA) is 95.3 Å². The van der Waals surface area contributed by atoms with Crippen molar-refractivity contribution >= 4 is 5.82 Å². The molecule has 0 saturated heterocycles. The second-order valence-corrected chi connectivity index (χ2v) is 5.10. The van der Waals surface area contributed by atoms with Gasteiger partial charge in [-0.05, 0) is 39.0 Å². The Balaban J connectivity index is 2.56. The highest BCUT2D eigenvalue weighted by atomic mass is 17.2. The van der Waals surface area contributed by atoms with Crippen LogP contribution in [-0.2, 0) is 4.89 Å². The van der Waals surface area contributed by atoms with Crippen LogP contribution in [0.3, 0.4) is 0 Å². The molecule has 1 aromatic heterocycles. The molecule has 0 aliphatic carbocycles. The highest BCUT2D eigenvalue weighted by Crippen LogP contribution is 2.35. The van der Waals surface area contributed by atoms with E-state index in [1.807, 2.05) is 20.8 Å². The number of nitriles is 1. The number of anilines is 1. The van der Waals surface area contributed by atoms with Crippen LogP contribution in [0.25, 0.3) is 11.3 Å². The number of aromatic nitrogens is 2. The number of hydrogen-bond acceptors (Lipinski definition) is 6. The van der Waals surface area contributed by atoms with E-state index in [1.54, 1.807) is 22.9 Å². The summed E-state index contributed by atoms with van der Waals surface area (Å²) >= 11 is 0. The van der Waals surface area contributed by atoms with Crippen molar-refractivity contribution in [2.75, 3.05) is 19.5 Å². The van der Waals surface area contributed by atoms with Crippen LogP contribution in [0.4, 0.5) is 5.82 Å². The summed E-state index contributed by atoms with van der Waals surface area (Å²) in [5.74, 6) is 1.31. The molecule has 0 fully saturated rings. The van der Waals surface area contributed by atoms with Crippen LogP contribution in [0, 0.1) is 11.3 Å². The molecule has 0 saturated carbocycles. The van der Waals surface area contributed by atoms with Gasteiger partial charge in [0.15, 0.2) is 5.75 Å². The molecule has 0 atom stereocenters. The maximum Gasteiger partial charge on any atom is 0.207 e. The van der Waals surface area contributed by atoms with E-state index < -0.39 is 0 Å². The van der Waals surface area contributed by atoms with Gasteiger partial charge in [0, 0.05) is 11.6 Å². The summed E-state index contributed by atoms with van der Waals surface area (Å²) in [6.45, 7) is 6.25. The van der Waals surface area contributed by atoms with Crippen LogP contribution in [-0.4, -0.2) is 23.5 Å². The predicted octanol–water partition coefficient (Wildman–Crippen LogP) is 2.92. The largest absolute Gasteiger partial charge is 0.490 e. The van der Waals surface area contributed by atoms with Gasteiger partial charge in [0.25, 0.3) is 0 Å². The molecule has 122 valence electrons. The molecule has 2 rings (SSSR count). The average Bonchev–Trinajstić information content (AvgIpc) is 2.86. The Hall–Kier alpha value is -2.72. The minimum atomic E-state index is 0.0540. The van der Waals surface area contributed by atoms with Gasteiger partial charge < -0.3 is 15.4 Å². The van der Waals surface area contributed by atoms with Crippen molar-refractivity contribution in [3.8, 4) is 28.8 Å². The fourth-order valence-corrected chi connectivity index (χ4v) is 2.24. The molecule has 0 aliphatic rings. The van der Waals surface area contributed by atoms with Crippen LogP contribution in [0.5, 0.6) is 11.5 Å². The number of ether oxygens (including phenoxy) is 1. The molecule has 0 unspecified atom stereocenters. The predicted molar refractivity (Wildman–Crippen MR) is 86.0 cm³/mol. The molecule has 1 aromatic carbocycles. The molecular weight excluding hydrogens is 296 g/mol. The molecule has 23 heavy (non-hydrogen) atoms. The first-order valence-corrected chi connectivity index (χ1v) is 7.29. The lowest BCUT2D eigenvalue weighted by Gasteiger charge is -2.10. The molecule has 0 spiro atoms. The summed E-state index contributed by atoms with van der Waals surface area (Å²) in [4.78, 5) is 9.75. The van der Waals surface area contributed by atoms with Gasteiger partial charge in [-0.1, -0.05) is 0 Å². The Morgan fingerprint density at radius 1 is 1.35 bits per heavy atom. The lowest BCUT2D eigenvalue weighted by Crippen LogP contribution is -2.07. The Bertz CT molecular complexity index is 732. The Kier molecular flexibility index (Phi) is 5.09. The zero-order valence-corrected chi connectivity index (χ0v) is 13.7. The van der Waals surface area contributed by atoms with Gasteiger partial charge in [-0.25, -0.2) is 4.68 Å². The van der Waals surface area contributed by atoms with E-state index in [2.05, 4.69) is 16.1 Å². The van der Waals surface area contributed by atoms with Gasteiger partial charge >= 0.3 is 0 Å². The minimum Gasteiger partial charge on any atom is -0.490 e. The van der Waals surface area contributed by atoms with Crippen LogP contribution < -0.4 is 15.4 Å². The number of nitrogens with zero attached hydrogens (tertiary/aromatic N) is 3. The number of benzene rings is 1. The van der Waals surface area contributed by atoms with E-state index >= 15 is 0 Å². The standard InChI is InChI=1S/C16H20N4O3/c1-5-22-14-8-11(6-7-13(14)23-21-4)15-12(9-17)16(18)20(19-15)10(2)3/h6-8,10H,5,18H2,1-4H3. The van der Waals surface area contributed by atoms with Crippen molar-refractivity contribution < 1.29 is 14.5 Å². The maximum absolute atomic E-state index is 9.41. The Morgan fingerprint density at radius 2 is 2.09 bits per heavy atom. The van der Waals surface area contributed by atoms with Gasteiger partial charge in [-0.2, -0.15) is 15.2 Å². The minimum absolute atomic E-state index is 0.0540. The summed E-state index contributed by atoms with van der Waals surface area (Å²) < 4.78 is 7.19. The van der Waals surface area contributed by atoms with E-state index in [0.29, 0.717) is 35.2 Å². The van der Waals surface area contributed by atoms with Crippen molar-refractivity contribution in [2.24, 2.45) is 0 Å². The molecule has 1 heterocycles. The van der Waals surface area contributed by atoms with Gasteiger partial charge in [-0.3, -0.25) is 0 Å². The van der Waals surface area contributed by atoms with E-state index in [1.165, 1.54) is 7.11 Å². The fraction of sp³-hybridized carbons (Fsp3) is 0.375. The summed E-state index contributed by atoms with van der Waals surface area (Å²) in [5.41, 5.74) is 7.62. The fourth-order valence-electron chi connectivity index (χ4n) is 2.24. The number of hydrogen-bond donors (Lipinski definition) is 1. The number of nitrogen functional groups attached to an aromatic ring is 1. The zero-order chi connectivity index (χ0) is 17.0. The normalized spacial score (nSPS) is 10.6. The lowest BCUT2D eigenvalue weighted by atomic mass is 10.1. The Morgan fingerprint density at radius 3 is 2.65 bits per heavy atom. The van der Waals surface area contributed by atoms with E-state index in [-0.39, 0.29) is 6.04 Å². The Labute approximate surface area is 135 Å². The van der Waals surface area contributed by atoms with Gasteiger partial charge in [-0.15, -0.1) is 0 Å². The maximum atomic E-state index is 9.41. The number of rotatable bonds is 6. The van der Waals surface area contributed by atoms with Crippen molar-refractivity contribution in [1.82, 2.24) is 9.78 Å². The SMILES string of the molecule is CCOc1cc(-c2nn(C(C)C)c(N)c2C#N)ccc1OOC. The zero-order valence-electron chi connectivity index (χ0n) is 13.7. The quantitative estimate of drug-likeness (QED) is 0.650. The second-order valence-electron chi connectivity index (χ2n) is 5.10. The first kappa shape index (κ1) is 16.6. The third kappa shape index (κ3) is 3.22. The number of nitrogens with two attached hydrogens (primary N) is 1. The van der Waals surface area contributed by atoms with E-state index in [0.717, 1.165) is 5.56 Å². The smallest absolute Gasteiger partial charge is 0.207 e. The van der Waals surface area contributed by atoms with Crippen LogP contribution >= 0.6 is 0 Å². The second kappa shape index (κ2) is 7.03. The molecule has 0 bridgehead atoms. The van der Waals surface area contributed by atoms with Crippen LogP contribution in [0.2, 0.25) is 0 Å². The third-order valence-electron chi connectivity index (χ3n) is 3.24. The van der Waals surface area contributed by atoms with Crippen molar-refractivity contribution in [3.63, 3.8) is 0 Å². The van der Waals surface area contributed by atoms with E-state index in [4.69, 9.17) is 15.4 Å². The lowest BCUT2D eigenvalue weighted by molar-refractivity contribution is -0.179. The first-order valence-electron chi connectivity index (χ1n) is 7.29. The summed E-state index contributed by atoms with van der Waals surface area (Å²) in [7, 11) is 1.42. The highest BCUT2D eigenvalue weighted by Gasteiger charge is 2.20. The third-order valence-corrected chi connectivity index (χ3v) is 3.24. The van der Waals surface area contributed by atoms with Gasteiger partial charge in [0.05, 0.1) is 13.7 Å². The van der Waals surface area contributed by atoms with Crippen molar-refractivity contribution in [2.45, 2.75) is 26.8 Å². The molecule has 0 amide bonds. The molecule has 2 aromatic rings. The van der Waals surface area contributed by atoms with E-state index in [9.17, 15) is 5.26 Å². The molecule has 2 N–H and O–H groups in total. The van der Waals surface area contributed by atoms with Crippen molar-refractivity contribution in [1.29, 1.82) is 5.26 Å². The molecule has 7 nitrogen and oxygen atoms in total. The average molecular weight is 316 g/mol. The van der Waals surface area contributed by atoms with Crippen LogP contribution in [0.15, 0.2) is 18.2 Å². The molecular formula is C16H20N4O3. The molecule has 7 heteroatoms. The molecule has 0 aliphatic heterocycles. The van der Waals surface area contributed by atoms with Crippen LogP contribution in [0.1, 0.15) is 32.4 Å². The first-order chi connectivity index (χ1) is 11.0. The summed E-state index contributed by atoms with van der Waals surface area (Å²) in [6, 6.07) is 7.42. The van der Waals surface area contributed by atoms with Gasteiger partial charge in [0.2, 0.25) is 5.75 Å². The monoisotopic (exact) mass is 316 g/mol. The van der Waals surface area contributed by atoms with Gasteiger partial charge in [0.1, 0.15) is 23.1 Å². The highest BCUT2D eigenvalue weighted by molar-refractivity contribution is 5.74. The molecule has 0 radical (unpaired) electrons. The summed E-state index contributed by atoms with van der Waals surface area (Å²) in [6.07, 6.45) is 0. The van der Waals surface area contributed by atoms with Crippen molar-refractivity contribution in [3.05, 3.63) is 23.8 Å². The summed E-state index contributed by atoms with van der Waals surface area (Å²) in [5, 5.41) is 13.9.